The smallest absolute Gasteiger partial charge is 0.283 e. The number of carbonyl (C=O) groups is 2. The number of rotatable bonds is 10. The molecule has 3 N–H and O–H groups in total. The molecule has 1 aliphatic rings. The molecule has 2 amide bonds. The van der Waals surface area contributed by atoms with Gasteiger partial charge in [0.25, 0.3) is 16.1 Å². The maximum Gasteiger partial charge on any atom is 0.283 e. The summed E-state index contributed by atoms with van der Waals surface area (Å²) in [6, 6.07) is 6.59. The number of fused-ring (bicyclic) bond motifs is 1. The van der Waals surface area contributed by atoms with Gasteiger partial charge in [-0.3, -0.25) is 14.8 Å². The third kappa shape index (κ3) is 5.57. The maximum atomic E-state index is 13.3. The van der Waals surface area contributed by atoms with Crippen molar-refractivity contribution >= 4 is 48.7 Å². The molecule has 1 saturated heterocycles. The molecule has 1 aliphatic heterocycles. The standard InChI is InChI=1S/C19H27N5O5S2/c1-2-3-6-11-23(13-17(25)22-27)31(28,29)24-12-7-9-15(24)18(26)21-19-20-14-8-4-5-10-16(14)30-19/h4-5,8,10,15,27H,2-3,6-7,9,11-13H2,1H3,(H,22,25)(H,20,21,26). The summed E-state index contributed by atoms with van der Waals surface area (Å²) in [5.41, 5.74) is 2.24. The van der Waals surface area contributed by atoms with Crippen LogP contribution in [0.1, 0.15) is 39.0 Å². The van der Waals surface area contributed by atoms with E-state index in [1.165, 1.54) is 16.8 Å². The van der Waals surface area contributed by atoms with E-state index in [9.17, 15) is 18.0 Å². The Bertz CT molecular complexity index is 993. The minimum Gasteiger partial charge on any atom is -0.301 e. The molecule has 0 saturated carbocycles. The van der Waals surface area contributed by atoms with Crippen molar-refractivity contribution < 1.29 is 23.2 Å². The first-order chi connectivity index (χ1) is 14.9. The summed E-state index contributed by atoms with van der Waals surface area (Å²) in [5.74, 6) is -1.27. The predicted octanol–water partition coefficient (Wildman–Crippen LogP) is 1.94. The summed E-state index contributed by atoms with van der Waals surface area (Å²) in [5, 5.41) is 12.0. The zero-order chi connectivity index (χ0) is 22.4. The van der Waals surface area contributed by atoms with E-state index in [2.05, 4.69) is 10.3 Å². The van der Waals surface area contributed by atoms with Crippen LogP contribution in [0.15, 0.2) is 24.3 Å². The number of carbonyl (C=O) groups excluding carboxylic acids is 2. The van der Waals surface area contributed by atoms with Crippen molar-refractivity contribution in [3.8, 4) is 0 Å². The number of nitrogens with zero attached hydrogens (tertiary/aromatic N) is 3. The Labute approximate surface area is 185 Å². The SMILES string of the molecule is CCCCCN(CC(=O)NO)S(=O)(=O)N1CCCC1C(=O)Nc1nc2ccccc2s1. The number of hydroxylamine groups is 1. The molecule has 10 nitrogen and oxygen atoms in total. The highest BCUT2D eigenvalue weighted by Gasteiger charge is 2.42. The van der Waals surface area contributed by atoms with Crippen molar-refractivity contribution in [1.29, 1.82) is 0 Å². The number of amides is 2. The normalized spacial score (nSPS) is 17.3. The Kier molecular flexibility index (Phi) is 7.94. The Morgan fingerprint density at radius 2 is 2.10 bits per heavy atom. The molecule has 0 aliphatic carbocycles. The van der Waals surface area contributed by atoms with E-state index in [1.54, 1.807) is 0 Å². The van der Waals surface area contributed by atoms with Crippen LogP contribution in [0.4, 0.5) is 5.13 Å². The summed E-state index contributed by atoms with van der Waals surface area (Å²) in [4.78, 5) is 29.0. The van der Waals surface area contributed by atoms with E-state index in [1.807, 2.05) is 31.2 Å². The number of thiazole rings is 1. The van der Waals surface area contributed by atoms with Gasteiger partial charge in [0.2, 0.25) is 5.91 Å². The van der Waals surface area contributed by atoms with Crippen LogP contribution in [0, 0.1) is 0 Å². The first-order valence-corrected chi connectivity index (χ1v) is 12.4. The second-order valence-electron chi connectivity index (χ2n) is 7.33. The molecule has 1 fully saturated rings. The lowest BCUT2D eigenvalue weighted by Gasteiger charge is -2.29. The lowest BCUT2D eigenvalue weighted by atomic mass is 10.2. The van der Waals surface area contributed by atoms with Crippen LogP contribution >= 0.6 is 11.3 Å². The van der Waals surface area contributed by atoms with Crippen molar-refractivity contribution in [2.24, 2.45) is 0 Å². The average molecular weight is 470 g/mol. The van der Waals surface area contributed by atoms with E-state index in [0.29, 0.717) is 24.4 Å². The number of para-hydroxylation sites is 1. The summed E-state index contributed by atoms with van der Waals surface area (Å²) >= 11 is 1.32. The topological polar surface area (TPSA) is 132 Å². The lowest BCUT2D eigenvalue weighted by molar-refractivity contribution is -0.129. The van der Waals surface area contributed by atoms with E-state index >= 15 is 0 Å². The zero-order valence-electron chi connectivity index (χ0n) is 17.3. The first-order valence-electron chi connectivity index (χ1n) is 10.2. The number of hydrogen-bond acceptors (Lipinski definition) is 7. The second kappa shape index (κ2) is 10.5. The fourth-order valence-corrected chi connectivity index (χ4v) is 6.24. The van der Waals surface area contributed by atoms with Gasteiger partial charge >= 0.3 is 0 Å². The molecule has 1 unspecified atom stereocenters. The molecule has 0 bridgehead atoms. The third-order valence-corrected chi connectivity index (χ3v) is 8.05. The third-order valence-electron chi connectivity index (χ3n) is 5.11. The molecule has 0 radical (unpaired) electrons. The highest BCUT2D eigenvalue weighted by molar-refractivity contribution is 7.86. The van der Waals surface area contributed by atoms with Gasteiger partial charge in [-0.05, 0) is 31.4 Å². The zero-order valence-corrected chi connectivity index (χ0v) is 18.9. The van der Waals surface area contributed by atoms with Gasteiger partial charge in [-0.25, -0.2) is 10.5 Å². The Hall–Kier alpha value is -2.12. The van der Waals surface area contributed by atoms with Crippen LogP contribution in [0.2, 0.25) is 0 Å². The number of nitrogens with one attached hydrogen (secondary N) is 2. The van der Waals surface area contributed by atoms with E-state index in [0.717, 1.165) is 31.7 Å². The van der Waals surface area contributed by atoms with Gasteiger partial charge in [0, 0.05) is 13.1 Å². The van der Waals surface area contributed by atoms with E-state index in [-0.39, 0.29) is 13.1 Å². The summed E-state index contributed by atoms with van der Waals surface area (Å²) < 4.78 is 29.7. The molecule has 12 heteroatoms. The molecule has 3 rings (SSSR count). The molecule has 2 aromatic rings. The number of aromatic nitrogens is 1. The molecular formula is C19H27N5O5S2. The number of anilines is 1. The minimum atomic E-state index is -4.08. The van der Waals surface area contributed by atoms with Gasteiger partial charge in [-0.15, -0.1) is 0 Å². The summed E-state index contributed by atoms with van der Waals surface area (Å²) in [6.07, 6.45) is 3.17. The van der Waals surface area contributed by atoms with Crippen molar-refractivity contribution in [3.05, 3.63) is 24.3 Å². The van der Waals surface area contributed by atoms with Crippen molar-refractivity contribution in [2.75, 3.05) is 25.0 Å². The maximum absolute atomic E-state index is 13.3. The van der Waals surface area contributed by atoms with E-state index in [4.69, 9.17) is 5.21 Å². The molecular weight excluding hydrogens is 442 g/mol. The van der Waals surface area contributed by atoms with Gasteiger partial charge in [-0.2, -0.15) is 17.0 Å². The number of benzene rings is 1. The van der Waals surface area contributed by atoms with Crippen LogP contribution in [-0.4, -0.2) is 64.7 Å². The first kappa shape index (κ1) is 23.5. The minimum absolute atomic E-state index is 0.131. The predicted molar refractivity (Wildman–Crippen MR) is 118 cm³/mol. The van der Waals surface area contributed by atoms with Gasteiger partial charge in [0.15, 0.2) is 5.13 Å². The largest absolute Gasteiger partial charge is 0.301 e. The fourth-order valence-electron chi connectivity index (χ4n) is 3.55. The van der Waals surface area contributed by atoms with E-state index < -0.39 is 34.6 Å². The molecule has 1 aromatic heterocycles. The van der Waals surface area contributed by atoms with Gasteiger partial charge in [-0.1, -0.05) is 43.2 Å². The lowest BCUT2D eigenvalue weighted by Crippen LogP contribution is -2.52. The van der Waals surface area contributed by atoms with Crippen molar-refractivity contribution in [3.63, 3.8) is 0 Å². The highest BCUT2D eigenvalue weighted by Crippen LogP contribution is 2.28. The Balaban J connectivity index is 1.76. The number of unbranched alkanes of at least 4 members (excludes halogenated alkanes) is 2. The second-order valence-corrected chi connectivity index (χ2v) is 10.2. The Morgan fingerprint density at radius 1 is 1.32 bits per heavy atom. The van der Waals surface area contributed by atoms with Crippen LogP contribution in [0.5, 0.6) is 0 Å². The van der Waals surface area contributed by atoms with Gasteiger partial charge < -0.3 is 5.32 Å². The summed E-state index contributed by atoms with van der Waals surface area (Å²) in [7, 11) is -4.08. The molecule has 1 atom stereocenters. The quantitative estimate of drug-likeness (QED) is 0.277. The number of hydrogen-bond donors (Lipinski definition) is 3. The van der Waals surface area contributed by atoms with Gasteiger partial charge in [0.1, 0.15) is 6.04 Å². The molecule has 2 heterocycles. The van der Waals surface area contributed by atoms with Crippen LogP contribution in [-0.2, 0) is 19.8 Å². The van der Waals surface area contributed by atoms with Crippen LogP contribution < -0.4 is 10.8 Å². The molecule has 31 heavy (non-hydrogen) atoms. The monoisotopic (exact) mass is 469 g/mol. The van der Waals surface area contributed by atoms with Crippen LogP contribution in [0.3, 0.4) is 0 Å². The highest BCUT2D eigenvalue weighted by atomic mass is 32.2. The van der Waals surface area contributed by atoms with Crippen molar-refractivity contribution in [2.45, 2.75) is 45.1 Å². The van der Waals surface area contributed by atoms with Crippen molar-refractivity contribution in [1.82, 2.24) is 19.1 Å². The van der Waals surface area contributed by atoms with Crippen LogP contribution in [0.25, 0.3) is 10.2 Å². The van der Waals surface area contributed by atoms with Gasteiger partial charge in [0.05, 0.1) is 16.8 Å². The fraction of sp³-hybridized carbons (Fsp3) is 0.526. The Morgan fingerprint density at radius 3 is 2.81 bits per heavy atom. The summed E-state index contributed by atoms with van der Waals surface area (Å²) in [6.45, 7) is 1.80. The molecule has 0 spiro atoms. The molecule has 1 aromatic carbocycles. The molecule has 170 valence electrons. The average Bonchev–Trinajstić information content (AvgIpc) is 3.40.